The van der Waals surface area contributed by atoms with Crippen molar-refractivity contribution in [3.05, 3.63) is 108 Å². The molecule has 1 atom stereocenters. The third-order valence-corrected chi connectivity index (χ3v) is 8.68. The summed E-state index contributed by atoms with van der Waals surface area (Å²) in [6, 6.07) is 29.0. The van der Waals surface area contributed by atoms with Crippen LogP contribution < -0.4 is 0 Å². The fraction of sp³-hybridized carbons (Fsp3) is 0.214. The molecule has 0 aliphatic heterocycles. The minimum Gasteiger partial charge on any atom is -0.299 e. The van der Waals surface area contributed by atoms with Crippen LogP contribution in [0.5, 0.6) is 0 Å². The van der Waals surface area contributed by atoms with Gasteiger partial charge in [0, 0.05) is 10.9 Å². The first-order chi connectivity index (χ1) is 15.9. The highest BCUT2D eigenvalue weighted by Crippen LogP contribution is 2.44. The monoisotopic (exact) mass is 456 g/mol. The number of hydrogen-bond acceptors (Lipinski definition) is 3. The van der Waals surface area contributed by atoms with Gasteiger partial charge in [-0.05, 0) is 68.8 Å². The van der Waals surface area contributed by atoms with E-state index in [-0.39, 0.29) is 5.54 Å². The molecule has 5 rings (SSSR count). The van der Waals surface area contributed by atoms with Crippen LogP contribution in [-0.4, -0.2) is 31.4 Å². The maximum Gasteiger partial charge on any atom is 0.268 e. The second-order valence-corrected chi connectivity index (χ2v) is 10.7. The Hall–Kier alpha value is -3.15. The molecule has 1 aromatic heterocycles. The number of aromatic nitrogens is 1. The molecule has 5 heteroatoms. The van der Waals surface area contributed by atoms with Gasteiger partial charge in [0.25, 0.3) is 10.0 Å². The molecule has 168 valence electrons. The van der Waals surface area contributed by atoms with Crippen LogP contribution >= 0.6 is 0 Å². The van der Waals surface area contributed by atoms with E-state index in [1.54, 1.807) is 24.3 Å². The predicted molar refractivity (Wildman–Crippen MR) is 135 cm³/mol. The summed E-state index contributed by atoms with van der Waals surface area (Å²) in [4.78, 5) is 2.60. The van der Waals surface area contributed by atoms with Crippen molar-refractivity contribution in [1.82, 2.24) is 8.87 Å². The third kappa shape index (κ3) is 3.62. The summed E-state index contributed by atoms with van der Waals surface area (Å²) in [5, 5.41) is 0.931. The van der Waals surface area contributed by atoms with Crippen LogP contribution in [0, 0.1) is 0 Å². The highest BCUT2D eigenvalue weighted by Gasteiger charge is 2.37. The number of para-hydroxylation sites is 1. The average molecular weight is 457 g/mol. The molecule has 1 aliphatic rings. The van der Waals surface area contributed by atoms with Crippen molar-refractivity contribution in [2.24, 2.45) is 0 Å². The molecule has 0 fully saturated rings. The van der Waals surface area contributed by atoms with E-state index >= 15 is 0 Å². The summed E-state index contributed by atoms with van der Waals surface area (Å²) in [6.45, 7) is 0. The maximum atomic E-state index is 13.8. The lowest BCUT2D eigenvalue weighted by molar-refractivity contribution is 0.138. The molecule has 0 radical (unpaired) electrons. The highest BCUT2D eigenvalue weighted by molar-refractivity contribution is 7.90. The van der Waals surface area contributed by atoms with Crippen LogP contribution in [0.25, 0.3) is 16.5 Å². The largest absolute Gasteiger partial charge is 0.299 e. The molecule has 0 saturated carbocycles. The lowest BCUT2D eigenvalue weighted by Gasteiger charge is -2.43. The van der Waals surface area contributed by atoms with Gasteiger partial charge in [0.2, 0.25) is 0 Å². The Kier molecular flexibility index (Phi) is 5.47. The number of rotatable bonds is 5. The van der Waals surface area contributed by atoms with Crippen LogP contribution in [0.4, 0.5) is 0 Å². The van der Waals surface area contributed by atoms with Crippen molar-refractivity contribution in [3.63, 3.8) is 0 Å². The van der Waals surface area contributed by atoms with Gasteiger partial charge in [-0.2, -0.15) is 0 Å². The van der Waals surface area contributed by atoms with Crippen LogP contribution in [0.3, 0.4) is 0 Å². The Morgan fingerprint density at radius 3 is 2.12 bits per heavy atom. The van der Waals surface area contributed by atoms with Crippen molar-refractivity contribution >= 4 is 26.5 Å². The SMILES string of the molecule is CN(C)C1(c2ccccc2)CC=C(c2cc3ccccc3n2S(=O)(=O)c2ccccc2)CC1. The molecule has 1 aliphatic carbocycles. The molecule has 0 saturated heterocycles. The second kappa shape index (κ2) is 8.32. The van der Waals surface area contributed by atoms with Crippen LogP contribution in [0.15, 0.2) is 102 Å². The van der Waals surface area contributed by atoms with Crippen molar-refractivity contribution in [1.29, 1.82) is 0 Å². The average Bonchev–Trinajstić information content (AvgIpc) is 3.25. The summed E-state index contributed by atoms with van der Waals surface area (Å²) >= 11 is 0. The second-order valence-electron chi connectivity index (χ2n) is 8.90. The van der Waals surface area contributed by atoms with Gasteiger partial charge in [-0.1, -0.05) is 72.8 Å². The smallest absolute Gasteiger partial charge is 0.268 e. The zero-order valence-electron chi connectivity index (χ0n) is 19.0. The molecule has 33 heavy (non-hydrogen) atoms. The normalized spacial score (nSPS) is 19.1. The van der Waals surface area contributed by atoms with Crippen molar-refractivity contribution in [2.75, 3.05) is 14.1 Å². The van der Waals surface area contributed by atoms with E-state index in [9.17, 15) is 8.42 Å². The summed E-state index contributed by atoms with van der Waals surface area (Å²) in [6.07, 6.45) is 4.78. The summed E-state index contributed by atoms with van der Waals surface area (Å²) in [5.41, 5.74) is 3.76. The van der Waals surface area contributed by atoms with E-state index in [1.807, 2.05) is 42.5 Å². The van der Waals surface area contributed by atoms with E-state index in [2.05, 4.69) is 49.3 Å². The number of nitrogens with zero attached hydrogens (tertiary/aromatic N) is 2. The standard InChI is InChI=1S/C28H28N2O2S/c1-29(2)28(24-12-5-3-6-13-24)19-17-22(18-20-28)27-21-23-11-9-10-16-26(23)30(27)33(31,32)25-14-7-4-8-15-25/h3-17,21H,18-20H2,1-2H3. The van der Waals surface area contributed by atoms with Gasteiger partial charge in [-0.25, -0.2) is 12.4 Å². The van der Waals surface area contributed by atoms with Crippen molar-refractivity contribution in [3.8, 4) is 0 Å². The van der Waals surface area contributed by atoms with E-state index in [0.717, 1.165) is 35.9 Å². The highest BCUT2D eigenvalue weighted by atomic mass is 32.2. The van der Waals surface area contributed by atoms with Gasteiger partial charge in [0.1, 0.15) is 0 Å². The third-order valence-electron chi connectivity index (χ3n) is 6.94. The molecule has 4 aromatic rings. The topological polar surface area (TPSA) is 42.3 Å². The lowest BCUT2D eigenvalue weighted by atomic mass is 9.76. The molecule has 0 N–H and O–H groups in total. The first-order valence-corrected chi connectivity index (χ1v) is 12.7. The summed E-state index contributed by atoms with van der Waals surface area (Å²) < 4.78 is 29.1. The first kappa shape index (κ1) is 21.7. The molecule has 0 bridgehead atoms. The molecule has 1 heterocycles. The summed E-state index contributed by atoms with van der Waals surface area (Å²) in [5.74, 6) is 0. The summed E-state index contributed by atoms with van der Waals surface area (Å²) in [7, 11) is 0.521. The zero-order valence-corrected chi connectivity index (χ0v) is 19.8. The Morgan fingerprint density at radius 1 is 0.848 bits per heavy atom. The number of hydrogen-bond donors (Lipinski definition) is 0. The lowest BCUT2D eigenvalue weighted by Crippen LogP contribution is -2.42. The van der Waals surface area contributed by atoms with E-state index in [0.29, 0.717) is 10.4 Å². The molecule has 0 spiro atoms. The van der Waals surface area contributed by atoms with Crippen LogP contribution in [-0.2, 0) is 15.6 Å². The van der Waals surface area contributed by atoms with Gasteiger partial charge in [0.05, 0.1) is 16.1 Å². The fourth-order valence-electron chi connectivity index (χ4n) is 5.06. The van der Waals surface area contributed by atoms with E-state index in [4.69, 9.17) is 0 Å². The van der Waals surface area contributed by atoms with Gasteiger partial charge >= 0.3 is 0 Å². The minimum absolute atomic E-state index is 0.0973. The van der Waals surface area contributed by atoms with Gasteiger partial charge < -0.3 is 0 Å². The molecule has 0 amide bonds. The van der Waals surface area contributed by atoms with Crippen LogP contribution in [0.1, 0.15) is 30.5 Å². The van der Waals surface area contributed by atoms with Crippen molar-refractivity contribution in [2.45, 2.75) is 29.7 Å². The number of allylic oxidation sites excluding steroid dienone is 1. The fourth-order valence-corrected chi connectivity index (χ4v) is 6.62. The first-order valence-electron chi connectivity index (χ1n) is 11.3. The molecule has 3 aromatic carbocycles. The number of benzene rings is 3. The quantitative estimate of drug-likeness (QED) is 0.375. The Labute approximate surface area is 195 Å². The Morgan fingerprint density at radius 2 is 1.48 bits per heavy atom. The van der Waals surface area contributed by atoms with Gasteiger partial charge in [-0.15, -0.1) is 0 Å². The molecular formula is C28H28N2O2S. The van der Waals surface area contributed by atoms with Gasteiger partial charge in [-0.3, -0.25) is 4.90 Å². The van der Waals surface area contributed by atoms with Crippen molar-refractivity contribution < 1.29 is 8.42 Å². The zero-order chi connectivity index (χ0) is 23.1. The number of fused-ring (bicyclic) bond motifs is 1. The Balaban J connectivity index is 1.64. The van der Waals surface area contributed by atoms with E-state index in [1.165, 1.54) is 9.54 Å². The van der Waals surface area contributed by atoms with Crippen LogP contribution in [0.2, 0.25) is 0 Å². The molecule has 1 unspecified atom stereocenters. The maximum absolute atomic E-state index is 13.8. The molecular weight excluding hydrogens is 428 g/mol. The van der Waals surface area contributed by atoms with Gasteiger partial charge in [0.15, 0.2) is 0 Å². The predicted octanol–water partition coefficient (Wildman–Crippen LogP) is 5.90. The minimum atomic E-state index is -3.73. The molecule has 4 nitrogen and oxygen atoms in total. The Bertz CT molecular complexity index is 1420. The van der Waals surface area contributed by atoms with E-state index < -0.39 is 10.0 Å².